The topological polar surface area (TPSA) is 84.2 Å². The molecule has 6 rings (SSSR count). The molecule has 0 unspecified atom stereocenters. The molecule has 6 nitrogen and oxygen atoms in total. The maximum absolute atomic E-state index is 11.6. The maximum Gasteiger partial charge on any atom is 0.341 e. The minimum atomic E-state index is -0.425. The SMILES string of the molecule is COC(=O)c1c[nH]c(-c2ccc(C3CCCCC3)cc2)c1.COC(=O)c1cc(-c2ccc(C3CCCCC3)cc2)[nH]c1Cl. The van der Waals surface area contributed by atoms with Gasteiger partial charge in [0.2, 0.25) is 0 Å². The molecule has 4 aromatic rings. The molecular formula is C36H41ClN2O4. The van der Waals surface area contributed by atoms with Crippen molar-refractivity contribution in [2.24, 2.45) is 0 Å². The third kappa shape index (κ3) is 7.61. The van der Waals surface area contributed by atoms with Crippen molar-refractivity contribution >= 4 is 23.5 Å². The number of carbonyl (C=O) groups excluding carboxylic acids is 2. The summed E-state index contributed by atoms with van der Waals surface area (Å²) in [5, 5.41) is 0.318. The number of H-pyrrole nitrogens is 2. The van der Waals surface area contributed by atoms with Gasteiger partial charge in [-0.1, -0.05) is 98.7 Å². The number of benzene rings is 2. The molecular weight excluding hydrogens is 560 g/mol. The first-order valence-corrected chi connectivity index (χ1v) is 15.8. The maximum atomic E-state index is 11.6. The van der Waals surface area contributed by atoms with Gasteiger partial charge < -0.3 is 19.4 Å². The van der Waals surface area contributed by atoms with Gasteiger partial charge in [0.15, 0.2) is 0 Å². The van der Waals surface area contributed by atoms with Gasteiger partial charge in [-0.05, 0) is 71.9 Å². The van der Waals surface area contributed by atoms with Crippen molar-refractivity contribution in [3.63, 3.8) is 0 Å². The van der Waals surface area contributed by atoms with Crippen LogP contribution in [0.2, 0.25) is 5.15 Å². The number of hydrogen-bond acceptors (Lipinski definition) is 4. The molecule has 226 valence electrons. The van der Waals surface area contributed by atoms with Crippen molar-refractivity contribution in [3.8, 4) is 22.5 Å². The lowest BCUT2D eigenvalue weighted by atomic mass is 9.84. The Kier molecular flexibility index (Phi) is 10.4. The Bertz CT molecular complexity index is 1490. The highest BCUT2D eigenvalue weighted by atomic mass is 35.5. The van der Waals surface area contributed by atoms with Gasteiger partial charge in [0.25, 0.3) is 0 Å². The van der Waals surface area contributed by atoms with Gasteiger partial charge >= 0.3 is 11.9 Å². The molecule has 0 aliphatic heterocycles. The zero-order valence-corrected chi connectivity index (χ0v) is 25.8. The zero-order chi connectivity index (χ0) is 30.2. The fraction of sp³-hybridized carbons (Fsp3) is 0.389. The average molecular weight is 601 g/mol. The van der Waals surface area contributed by atoms with Crippen molar-refractivity contribution in [3.05, 3.63) is 94.3 Å². The highest BCUT2D eigenvalue weighted by Gasteiger charge is 2.18. The van der Waals surface area contributed by atoms with E-state index >= 15 is 0 Å². The third-order valence-electron chi connectivity index (χ3n) is 8.88. The predicted molar refractivity (Wildman–Crippen MR) is 172 cm³/mol. The van der Waals surface area contributed by atoms with Crippen LogP contribution in [0.5, 0.6) is 0 Å². The molecule has 43 heavy (non-hydrogen) atoms. The number of hydrogen-bond donors (Lipinski definition) is 2. The van der Waals surface area contributed by atoms with Crippen molar-refractivity contribution < 1.29 is 19.1 Å². The molecule has 0 bridgehead atoms. The van der Waals surface area contributed by atoms with Gasteiger partial charge in [-0.15, -0.1) is 0 Å². The molecule has 2 fully saturated rings. The Balaban J connectivity index is 0.000000171. The molecule has 0 saturated heterocycles. The first-order valence-electron chi connectivity index (χ1n) is 15.4. The molecule has 7 heteroatoms. The smallest absolute Gasteiger partial charge is 0.341 e. The van der Waals surface area contributed by atoms with Gasteiger partial charge in [0.1, 0.15) is 5.15 Å². The fourth-order valence-corrected chi connectivity index (χ4v) is 6.62. The Morgan fingerprint density at radius 1 is 0.674 bits per heavy atom. The minimum Gasteiger partial charge on any atom is -0.465 e. The molecule has 0 spiro atoms. The standard InChI is InChI=1S/C18H20ClNO2.C18H21NO2/c1-22-18(21)15-11-16(20-17(15)19)14-9-7-13(8-10-14)12-5-3-2-4-6-12;1-21-18(20)16-11-17(19-12-16)15-9-7-14(8-10-15)13-5-3-2-4-6-13/h7-12,20H,2-6H2,1H3;7-13,19H,2-6H2,1H3. The lowest BCUT2D eigenvalue weighted by Gasteiger charge is -2.22. The Morgan fingerprint density at radius 2 is 1.16 bits per heavy atom. The molecule has 2 aliphatic rings. The van der Waals surface area contributed by atoms with E-state index in [-0.39, 0.29) is 5.97 Å². The van der Waals surface area contributed by atoms with E-state index in [1.54, 1.807) is 12.3 Å². The summed E-state index contributed by atoms with van der Waals surface area (Å²) in [7, 11) is 2.75. The van der Waals surface area contributed by atoms with Crippen molar-refractivity contribution in [1.29, 1.82) is 0 Å². The summed E-state index contributed by atoms with van der Waals surface area (Å²) in [5.74, 6) is 0.686. The molecule has 0 amide bonds. The molecule has 0 radical (unpaired) electrons. The summed E-state index contributed by atoms with van der Waals surface area (Å²) in [6.45, 7) is 0. The van der Waals surface area contributed by atoms with E-state index in [1.165, 1.54) is 89.6 Å². The van der Waals surface area contributed by atoms with Gasteiger partial charge in [-0.3, -0.25) is 0 Å². The van der Waals surface area contributed by atoms with E-state index in [4.69, 9.17) is 21.1 Å². The van der Waals surface area contributed by atoms with Crippen LogP contribution in [0.15, 0.2) is 66.9 Å². The van der Waals surface area contributed by atoms with Crippen LogP contribution in [0.3, 0.4) is 0 Å². The Labute approximate surface area is 259 Å². The zero-order valence-electron chi connectivity index (χ0n) is 25.1. The number of esters is 2. The first-order chi connectivity index (χ1) is 21.0. The molecule has 2 aromatic carbocycles. The summed E-state index contributed by atoms with van der Waals surface area (Å²) in [6, 6.07) is 20.9. The van der Waals surface area contributed by atoms with E-state index in [9.17, 15) is 9.59 Å². The van der Waals surface area contributed by atoms with E-state index in [1.807, 2.05) is 6.07 Å². The van der Waals surface area contributed by atoms with Crippen LogP contribution in [0.25, 0.3) is 22.5 Å². The summed E-state index contributed by atoms with van der Waals surface area (Å²) in [5.41, 5.74) is 7.69. The van der Waals surface area contributed by atoms with Gasteiger partial charge in [-0.25, -0.2) is 9.59 Å². The van der Waals surface area contributed by atoms with E-state index in [2.05, 4.69) is 58.5 Å². The second kappa shape index (κ2) is 14.6. The van der Waals surface area contributed by atoms with E-state index in [0.29, 0.717) is 22.2 Å². The molecule has 2 N–H and O–H groups in total. The van der Waals surface area contributed by atoms with Gasteiger partial charge in [0.05, 0.1) is 25.3 Å². The van der Waals surface area contributed by atoms with Crippen LogP contribution < -0.4 is 0 Å². The molecule has 2 heterocycles. The normalized spacial score (nSPS) is 15.8. The Morgan fingerprint density at radius 3 is 1.65 bits per heavy atom. The number of aromatic amines is 2. The van der Waals surface area contributed by atoms with E-state index < -0.39 is 5.97 Å². The number of aromatic nitrogens is 2. The van der Waals surface area contributed by atoms with Crippen LogP contribution in [-0.2, 0) is 9.47 Å². The molecule has 2 aliphatic carbocycles. The molecule has 0 atom stereocenters. The number of carbonyl (C=O) groups is 2. The lowest BCUT2D eigenvalue weighted by Crippen LogP contribution is -2.04. The number of halogens is 1. The van der Waals surface area contributed by atoms with E-state index in [0.717, 1.165) is 28.4 Å². The largest absolute Gasteiger partial charge is 0.465 e. The monoisotopic (exact) mass is 600 g/mol. The second-order valence-corrected chi connectivity index (χ2v) is 12.0. The summed E-state index contributed by atoms with van der Waals surface area (Å²) < 4.78 is 9.45. The van der Waals surface area contributed by atoms with Crippen molar-refractivity contribution in [1.82, 2.24) is 9.97 Å². The number of nitrogens with one attached hydrogen (secondary N) is 2. The Hall–Kier alpha value is -3.77. The third-order valence-corrected chi connectivity index (χ3v) is 9.17. The van der Waals surface area contributed by atoms with Crippen LogP contribution >= 0.6 is 11.6 Å². The highest BCUT2D eigenvalue weighted by Crippen LogP contribution is 2.35. The number of rotatable bonds is 6. The second-order valence-electron chi connectivity index (χ2n) is 11.6. The lowest BCUT2D eigenvalue weighted by molar-refractivity contribution is 0.0592. The first kappa shape index (κ1) is 30.7. The summed E-state index contributed by atoms with van der Waals surface area (Å²) in [6.07, 6.45) is 15.0. The quantitative estimate of drug-likeness (QED) is 0.216. The molecule has 2 saturated carbocycles. The highest BCUT2D eigenvalue weighted by molar-refractivity contribution is 6.32. The molecule has 2 aromatic heterocycles. The van der Waals surface area contributed by atoms with Gasteiger partial charge in [-0.2, -0.15) is 0 Å². The predicted octanol–water partition coefficient (Wildman–Crippen LogP) is 9.69. The van der Waals surface area contributed by atoms with Crippen LogP contribution in [0.4, 0.5) is 0 Å². The van der Waals surface area contributed by atoms with Gasteiger partial charge in [0, 0.05) is 17.6 Å². The van der Waals surface area contributed by atoms with Crippen LogP contribution in [0.1, 0.15) is 108 Å². The number of methoxy groups -OCH3 is 2. The van der Waals surface area contributed by atoms with Crippen molar-refractivity contribution in [2.45, 2.75) is 76.0 Å². The minimum absolute atomic E-state index is 0.309. The fourth-order valence-electron chi connectivity index (χ4n) is 6.38. The average Bonchev–Trinajstić information content (AvgIpc) is 3.73. The summed E-state index contributed by atoms with van der Waals surface area (Å²) >= 11 is 6.07. The van der Waals surface area contributed by atoms with Crippen LogP contribution in [-0.4, -0.2) is 36.1 Å². The van der Waals surface area contributed by atoms with Crippen LogP contribution in [0, 0.1) is 0 Å². The van der Waals surface area contributed by atoms with Crippen molar-refractivity contribution in [2.75, 3.05) is 14.2 Å². The summed E-state index contributed by atoms with van der Waals surface area (Å²) in [4.78, 5) is 29.3. The number of ether oxygens (including phenoxy) is 2.